The molecule has 0 aromatic heterocycles. The molecule has 92 valence electrons. The molecule has 2 rings (SSSR count). The fraction of sp³-hybridized carbons (Fsp3) is 0.923. The van der Waals surface area contributed by atoms with E-state index in [4.69, 9.17) is 5.11 Å². The number of hydrogen-bond acceptors (Lipinski definition) is 2. The third-order valence-electron chi connectivity index (χ3n) is 4.28. The zero-order chi connectivity index (χ0) is 11.7. The summed E-state index contributed by atoms with van der Waals surface area (Å²) >= 11 is 0. The van der Waals surface area contributed by atoms with Gasteiger partial charge in [0.25, 0.3) is 0 Å². The molecule has 0 aromatic rings. The van der Waals surface area contributed by atoms with E-state index >= 15 is 0 Å². The monoisotopic (exact) mass is 225 g/mol. The molecule has 1 saturated carbocycles. The Morgan fingerprint density at radius 2 is 2.12 bits per heavy atom. The first-order valence-corrected chi connectivity index (χ1v) is 6.52. The number of carbonyl (C=O) groups excluding carboxylic acids is 1. The van der Waals surface area contributed by atoms with E-state index in [0.29, 0.717) is 18.4 Å². The predicted molar refractivity (Wildman–Crippen MR) is 62.9 cm³/mol. The fourth-order valence-electron chi connectivity index (χ4n) is 3.36. The highest BCUT2D eigenvalue weighted by molar-refractivity contribution is 5.79. The van der Waals surface area contributed by atoms with Crippen molar-refractivity contribution >= 4 is 5.91 Å². The quantitative estimate of drug-likeness (QED) is 0.776. The van der Waals surface area contributed by atoms with Crippen molar-refractivity contribution in [2.24, 2.45) is 17.8 Å². The molecule has 0 aromatic carbocycles. The second-order valence-corrected chi connectivity index (χ2v) is 5.76. The molecule has 1 aliphatic carbocycles. The van der Waals surface area contributed by atoms with E-state index < -0.39 is 0 Å². The van der Waals surface area contributed by atoms with Crippen molar-refractivity contribution in [3.05, 3.63) is 0 Å². The largest absolute Gasteiger partial charge is 0.396 e. The molecule has 1 saturated heterocycles. The van der Waals surface area contributed by atoms with E-state index in [0.717, 1.165) is 18.9 Å². The highest BCUT2D eigenvalue weighted by atomic mass is 16.3. The molecule has 2 aliphatic rings. The van der Waals surface area contributed by atoms with Crippen molar-refractivity contribution in [1.29, 1.82) is 0 Å². The third-order valence-corrected chi connectivity index (χ3v) is 4.28. The van der Waals surface area contributed by atoms with E-state index in [1.807, 2.05) is 4.90 Å². The average molecular weight is 225 g/mol. The molecule has 0 bridgehead atoms. The Balaban J connectivity index is 1.99. The van der Waals surface area contributed by atoms with Gasteiger partial charge < -0.3 is 10.0 Å². The van der Waals surface area contributed by atoms with Crippen LogP contribution in [0, 0.1) is 17.8 Å². The summed E-state index contributed by atoms with van der Waals surface area (Å²) in [4.78, 5) is 13.9. The van der Waals surface area contributed by atoms with Crippen LogP contribution in [0.15, 0.2) is 0 Å². The summed E-state index contributed by atoms with van der Waals surface area (Å²) in [6, 6.07) is 0.431. The topological polar surface area (TPSA) is 40.5 Å². The SMILES string of the molecule is CC1CCC(N2CC(CO)CC2=O)C(C)C1. The van der Waals surface area contributed by atoms with E-state index in [2.05, 4.69) is 13.8 Å². The number of amides is 1. The molecular formula is C13H23NO2. The number of likely N-dealkylation sites (tertiary alicyclic amines) is 1. The molecule has 1 aliphatic heterocycles. The van der Waals surface area contributed by atoms with Crippen molar-refractivity contribution in [3.63, 3.8) is 0 Å². The number of aliphatic hydroxyl groups is 1. The molecule has 3 heteroatoms. The molecule has 1 N–H and O–H groups in total. The Bertz CT molecular complexity index is 267. The van der Waals surface area contributed by atoms with Crippen LogP contribution in [0.3, 0.4) is 0 Å². The molecular weight excluding hydrogens is 202 g/mol. The van der Waals surface area contributed by atoms with Gasteiger partial charge >= 0.3 is 0 Å². The van der Waals surface area contributed by atoms with Crippen LogP contribution >= 0.6 is 0 Å². The Kier molecular flexibility index (Phi) is 3.53. The van der Waals surface area contributed by atoms with Gasteiger partial charge in [-0.1, -0.05) is 13.8 Å². The van der Waals surface area contributed by atoms with Crippen molar-refractivity contribution in [2.75, 3.05) is 13.2 Å². The van der Waals surface area contributed by atoms with Gasteiger partial charge in [0.2, 0.25) is 5.91 Å². The zero-order valence-electron chi connectivity index (χ0n) is 10.4. The number of rotatable bonds is 2. The summed E-state index contributed by atoms with van der Waals surface area (Å²) in [5.74, 6) is 1.85. The van der Waals surface area contributed by atoms with Gasteiger partial charge in [0.05, 0.1) is 0 Å². The highest BCUT2D eigenvalue weighted by Crippen LogP contribution is 2.34. The van der Waals surface area contributed by atoms with Gasteiger partial charge in [0, 0.05) is 31.5 Å². The van der Waals surface area contributed by atoms with Crippen LogP contribution in [0.5, 0.6) is 0 Å². The Morgan fingerprint density at radius 1 is 1.38 bits per heavy atom. The minimum Gasteiger partial charge on any atom is -0.396 e. The Labute approximate surface area is 97.8 Å². The second-order valence-electron chi connectivity index (χ2n) is 5.76. The van der Waals surface area contributed by atoms with Gasteiger partial charge in [-0.15, -0.1) is 0 Å². The van der Waals surface area contributed by atoms with Crippen LogP contribution < -0.4 is 0 Å². The summed E-state index contributed by atoms with van der Waals surface area (Å²) < 4.78 is 0. The summed E-state index contributed by atoms with van der Waals surface area (Å²) in [6.07, 6.45) is 4.17. The lowest BCUT2D eigenvalue weighted by Crippen LogP contribution is -2.43. The number of carbonyl (C=O) groups is 1. The van der Waals surface area contributed by atoms with Crippen LogP contribution in [-0.2, 0) is 4.79 Å². The molecule has 4 atom stereocenters. The standard InChI is InChI=1S/C13H23NO2/c1-9-3-4-12(10(2)5-9)14-7-11(8-15)6-13(14)16/h9-12,15H,3-8H2,1-2H3. The smallest absolute Gasteiger partial charge is 0.223 e. The second kappa shape index (κ2) is 4.74. The van der Waals surface area contributed by atoms with Gasteiger partial charge in [-0.25, -0.2) is 0 Å². The van der Waals surface area contributed by atoms with Gasteiger partial charge in [0.15, 0.2) is 0 Å². The van der Waals surface area contributed by atoms with Gasteiger partial charge in [0.1, 0.15) is 0 Å². The van der Waals surface area contributed by atoms with Crippen LogP contribution in [0.2, 0.25) is 0 Å². The molecule has 0 spiro atoms. The number of aliphatic hydroxyl groups excluding tert-OH is 1. The summed E-state index contributed by atoms with van der Waals surface area (Å²) in [6.45, 7) is 5.49. The molecule has 3 nitrogen and oxygen atoms in total. The normalized spacial score (nSPS) is 40.4. The van der Waals surface area contributed by atoms with Crippen LogP contribution in [0.1, 0.15) is 39.5 Å². The highest BCUT2D eigenvalue weighted by Gasteiger charge is 2.38. The third kappa shape index (κ3) is 2.24. The number of nitrogens with zero attached hydrogens (tertiary/aromatic N) is 1. The maximum Gasteiger partial charge on any atom is 0.223 e. The van der Waals surface area contributed by atoms with Crippen molar-refractivity contribution in [1.82, 2.24) is 4.90 Å². The molecule has 2 fully saturated rings. The van der Waals surface area contributed by atoms with Crippen molar-refractivity contribution in [2.45, 2.75) is 45.6 Å². The molecule has 4 unspecified atom stereocenters. The Hall–Kier alpha value is -0.570. The van der Waals surface area contributed by atoms with Crippen LogP contribution in [-0.4, -0.2) is 35.1 Å². The Morgan fingerprint density at radius 3 is 2.69 bits per heavy atom. The van der Waals surface area contributed by atoms with Gasteiger partial charge in [-0.2, -0.15) is 0 Å². The summed E-state index contributed by atoms with van der Waals surface area (Å²) in [5.41, 5.74) is 0. The first-order chi connectivity index (χ1) is 7.61. The van der Waals surface area contributed by atoms with E-state index in [9.17, 15) is 4.79 Å². The first-order valence-electron chi connectivity index (χ1n) is 6.52. The first kappa shape index (κ1) is 11.9. The maximum absolute atomic E-state index is 11.9. The lowest BCUT2D eigenvalue weighted by molar-refractivity contribution is -0.131. The van der Waals surface area contributed by atoms with Crippen molar-refractivity contribution < 1.29 is 9.90 Å². The summed E-state index contributed by atoms with van der Waals surface area (Å²) in [5, 5.41) is 9.13. The fourth-order valence-corrected chi connectivity index (χ4v) is 3.36. The van der Waals surface area contributed by atoms with E-state index in [-0.39, 0.29) is 18.4 Å². The van der Waals surface area contributed by atoms with Gasteiger partial charge in [-0.05, 0) is 31.1 Å². The lowest BCUT2D eigenvalue weighted by Gasteiger charge is -2.38. The number of hydrogen-bond donors (Lipinski definition) is 1. The summed E-state index contributed by atoms with van der Waals surface area (Å²) in [7, 11) is 0. The van der Waals surface area contributed by atoms with E-state index in [1.165, 1.54) is 12.8 Å². The molecule has 1 amide bonds. The lowest BCUT2D eigenvalue weighted by atomic mass is 9.79. The molecule has 0 radical (unpaired) electrons. The molecule has 16 heavy (non-hydrogen) atoms. The maximum atomic E-state index is 11.9. The van der Waals surface area contributed by atoms with Crippen LogP contribution in [0.25, 0.3) is 0 Å². The average Bonchev–Trinajstić information content (AvgIpc) is 2.60. The van der Waals surface area contributed by atoms with Crippen molar-refractivity contribution in [3.8, 4) is 0 Å². The predicted octanol–water partition coefficient (Wildman–Crippen LogP) is 1.65. The van der Waals surface area contributed by atoms with Gasteiger partial charge in [-0.3, -0.25) is 4.79 Å². The van der Waals surface area contributed by atoms with Crippen LogP contribution in [0.4, 0.5) is 0 Å². The van der Waals surface area contributed by atoms with E-state index in [1.54, 1.807) is 0 Å². The molecule has 1 heterocycles. The minimum atomic E-state index is 0.153. The minimum absolute atomic E-state index is 0.153. The zero-order valence-corrected chi connectivity index (χ0v) is 10.4.